The highest BCUT2D eigenvalue weighted by atomic mass is 19.3. The van der Waals surface area contributed by atoms with Crippen LogP contribution in [0.1, 0.15) is 12.8 Å². The summed E-state index contributed by atoms with van der Waals surface area (Å²) in [6, 6.07) is 1.77. The highest BCUT2D eigenvalue weighted by Gasteiger charge is 2.43. The second kappa shape index (κ2) is 2.37. The normalized spacial score (nSPS) is 24.1. The van der Waals surface area contributed by atoms with Gasteiger partial charge in [-0.05, 0) is 5.92 Å². The summed E-state index contributed by atoms with van der Waals surface area (Å²) < 4.78 is 24.2. The van der Waals surface area contributed by atoms with Crippen LogP contribution < -0.4 is 0 Å². The molecule has 1 aliphatic carbocycles. The van der Waals surface area contributed by atoms with Gasteiger partial charge < -0.3 is 0 Å². The van der Waals surface area contributed by atoms with Crippen molar-refractivity contribution in [2.45, 2.75) is 18.8 Å². The van der Waals surface area contributed by atoms with Crippen LogP contribution >= 0.6 is 0 Å². The quantitative estimate of drug-likeness (QED) is 0.516. The first-order chi connectivity index (χ1) is 4.64. The van der Waals surface area contributed by atoms with E-state index in [2.05, 4.69) is 0 Å². The molecule has 0 aromatic carbocycles. The van der Waals surface area contributed by atoms with Gasteiger partial charge in [-0.25, -0.2) is 8.78 Å². The van der Waals surface area contributed by atoms with Crippen LogP contribution in [0.25, 0.3) is 0 Å². The van der Waals surface area contributed by atoms with Crippen molar-refractivity contribution in [3.63, 3.8) is 0 Å². The van der Waals surface area contributed by atoms with Gasteiger partial charge >= 0.3 is 0 Å². The summed E-state index contributed by atoms with van der Waals surface area (Å²) in [4.78, 5) is 0. The average molecular weight is 143 g/mol. The molecule has 0 atom stereocenters. The highest BCUT2D eigenvalue weighted by Crippen LogP contribution is 2.42. The fourth-order valence-electron chi connectivity index (χ4n) is 1.02. The van der Waals surface area contributed by atoms with Gasteiger partial charge in [0.05, 0.1) is 6.07 Å². The zero-order valence-electron chi connectivity index (χ0n) is 5.35. The van der Waals surface area contributed by atoms with E-state index in [4.69, 9.17) is 5.26 Å². The number of allylic oxidation sites excluding steroid dienone is 2. The van der Waals surface area contributed by atoms with Crippen LogP contribution in [0, 0.1) is 17.2 Å². The molecule has 0 amide bonds. The summed E-state index contributed by atoms with van der Waals surface area (Å²) in [5, 5.41) is 8.04. The summed E-state index contributed by atoms with van der Waals surface area (Å²) in [6.07, 6.45) is 2.62. The predicted molar refractivity (Wildman–Crippen MR) is 32.4 cm³/mol. The van der Waals surface area contributed by atoms with Crippen LogP contribution in [0.3, 0.4) is 0 Å². The topological polar surface area (TPSA) is 23.8 Å². The molecule has 0 radical (unpaired) electrons. The van der Waals surface area contributed by atoms with Crippen LogP contribution in [-0.2, 0) is 0 Å². The fourth-order valence-corrected chi connectivity index (χ4v) is 1.02. The lowest BCUT2D eigenvalue weighted by Gasteiger charge is -2.32. The predicted octanol–water partition coefficient (Wildman–Crippen LogP) is 2.11. The Hall–Kier alpha value is -0.910. The Morgan fingerprint density at radius 2 is 2.10 bits per heavy atom. The second-order valence-electron chi connectivity index (χ2n) is 2.51. The van der Waals surface area contributed by atoms with Crippen molar-refractivity contribution in [1.29, 1.82) is 5.26 Å². The van der Waals surface area contributed by atoms with Gasteiger partial charge in [0.25, 0.3) is 0 Å². The van der Waals surface area contributed by atoms with E-state index < -0.39 is 5.92 Å². The maximum absolute atomic E-state index is 12.1. The number of rotatable bonds is 1. The Balaban J connectivity index is 2.28. The van der Waals surface area contributed by atoms with Crippen LogP contribution in [0.2, 0.25) is 0 Å². The van der Waals surface area contributed by atoms with Crippen LogP contribution in [0.4, 0.5) is 8.78 Å². The van der Waals surface area contributed by atoms with Crippen molar-refractivity contribution < 1.29 is 8.78 Å². The number of hydrogen-bond acceptors (Lipinski definition) is 1. The van der Waals surface area contributed by atoms with Gasteiger partial charge in [-0.3, -0.25) is 0 Å². The number of nitriles is 1. The number of alkyl halides is 2. The first-order valence-electron chi connectivity index (χ1n) is 3.08. The smallest absolute Gasteiger partial charge is 0.207 e. The van der Waals surface area contributed by atoms with Gasteiger partial charge in [0.2, 0.25) is 5.92 Å². The minimum absolute atomic E-state index is 0.0744. The van der Waals surface area contributed by atoms with Crippen molar-refractivity contribution in [3.8, 4) is 6.07 Å². The summed E-state index contributed by atoms with van der Waals surface area (Å²) in [5.74, 6) is -2.54. The molecule has 0 heterocycles. The van der Waals surface area contributed by atoms with E-state index in [0.29, 0.717) is 0 Å². The zero-order chi connectivity index (χ0) is 7.61. The third-order valence-corrected chi connectivity index (χ3v) is 1.56. The molecule has 3 heteroatoms. The molecule has 0 aliphatic heterocycles. The SMILES string of the molecule is N#CC=CC1CC(F)(F)C1. The molecule has 0 aromatic rings. The molecule has 0 bridgehead atoms. The van der Waals surface area contributed by atoms with Crippen molar-refractivity contribution in [3.05, 3.63) is 12.2 Å². The average Bonchev–Trinajstić information content (AvgIpc) is 1.78. The molecule has 1 saturated carbocycles. The molecule has 1 rings (SSSR count). The number of nitrogens with zero attached hydrogens (tertiary/aromatic N) is 1. The second-order valence-corrected chi connectivity index (χ2v) is 2.51. The zero-order valence-corrected chi connectivity index (χ0v) is 5.35. The molecule has 1 fully saturated rings. The molecule has 0 unspecified atom stereocenters. The lowest BCUT2D eigenvalue weighted by Crippen LogP contribution is -2.33. The lowest BCUT2D eigenvalue weighted by molar-refractivity contribution is -0.0962. The molecule has 10 heavy (non-hydrogen) atoms. The Morgan fingerprint density at radius 3 is 2.50 bits per heavy atom. The van der Waals surface area contributed by atoms with Crippen molar-refractivity contribution in [2.24, 2.45) is 5.92 Å². The number of hydrogen-bond donors (Lipinski definition) is 0. The summed E-state index contributed by atoms with van der Waals surface area (Å²) in [5.41, 5.74) is 0. The van der Waals surface area contributed by atoms with E-state index >= 15 is 0 Å². The van der Waals surface area contributed by atoms with Crippen LogP contribution in [0.5, 0.6) is 0 Å². The van der Waals surface area contributed by atoms with Gasteiger partial charge in [-0.1, -0.05) is 6.08 Å². The first-order valence-corrected chi connectivity index (χ1v) is 3.08. The first kappa shape index (κ1) is 7.20. The largest absolute Gasteiger partial charge is 0.249 e. The maximum Gasteiger partial charge on any atom is 0.249 e. The van der Waals surface area contributed by atoms with E-state index in [-0.39, 0.29) is 18.8 Å². The van der Waals surface area contributed by atoms with Crippen molar-refractivity contribution in [2.75, 3.05) is 0 Å². The molecule has 1 nitrogen and oxygen atoms in total. The van der Waals surface area contributed by atoms with Gasteiger partial charge in [-0.2, -0.15) is 5.26 Å². The van der Waals surface area contributed by atoms with Gasteiger partial charge in [0.15, 0.2) is 0 Å². The van der Waals surface area contributed by atoms with E-state index in [1.807, 2.05) is 0 Å². The third kappa shape index (κ3) is 1.53. The Labute approximate surface area is 58.0 Å². The van der Waals surface area contributed by atoms with Crippen LogP contribution in [0.15, 0.2) is 12.2 Å². The molecule has 54 valence electrons. The van der Waals surface area contributed by atoms with Crippen LogP contribution in [-0.4, -0.2) is 5.92 Å². The number of halogens is 2. The Bertz CT molecular complexity index is 182. The van der Waals surface area contributed by atoms with E-state index in [1.165, 1.54) is 12.2 Å². The summed E-state index contributed by atoms with van der Waals surface area (Å²) in [7, 11) is 0. The highest BCUT2D eigenvalue weighted by molar-refractivity contribution is 5.08. The van der Waals surface area contributed by atoms with E-state index in [0.717, 1.165) is 0 Å². The monoisotopic (exact) mass is 143 g/mol. The lowest BCUT2D eigenvalue weighted by atomic mass is 9.81. The molecule has 1 aliphatic rings. The molecule has 0 saturated heterocycles. The van der Waals surface area contributed by atoms with Gasteiger partial charge in [0, 0.05) is 18.9 Å². The minimum atomic E-state index is -2.47. The Morgan fingerprint density at radius 1 is 1.50 bits per heavy atom. The van der Waals surface area contributed by atoms with Crippen molar-refractivity contribution in [1.82, 2.24) is 0 Å². The van der Waals surface area contributed by atoms with Gasteiger partial charge in [-0.15, -0.1) is 0 Å². The summed E-state index contributed by atoms with van der Waals surface area (Å²) in [6.45, 7) is 0. The third-order valence-electron chi connectivity index (χ3n) is 1.56. The van der Waals surface area contributed by atoms with Gasteiger partial charge in [0.1, 0.15) is 0 Å². The van der Waals surface area contributed by atoms with E-state index in [9.17, 15) is 8.78 Å². The molecular weight excluding hydrogens is 136 g/mol. The molecular formula is C7H7F2N. The molecule has 0 aromatic heterocycles. The summed E-state index contributed by atoms with van der Waals surface area (Å²) >= 11 is 0. The van der Waals surface area contributed by atoms with Crippen molar-refractivity contribution >= 4 is 0 Å². The maximum atomic E-state index is 12.1. The molecule has 0 N–H and O–H groups in total. The standard InChI is InChI=1S/C7H7F2N/c8-7(9)4-6(5-7)2-1-3-10/h1-2,6H,4-5H2. The Kier molecular flexibility index (Phi) is 1.71. The molecule has 0 spiro atoms. The van der Waals surface area contributed by atoms with E-state index in [1.54, 1.807) is 6.07 Å². The minimum Gasteiger partial charge on any atom is -0.207 e. The fraction of sp³-hybridized carbons (Fsp3) is 0.571.